The maximum atomic E-state index is 10.3. The van der Waals surface area contributed by atoms with E-state index in [1.165, 1.54) is 11.1 Å². The van der Waals surface area contributed by atoms with Crippen molar-refractivity contribution in [1.82, 2.24) is 9.78 Å². The third kappa shape index (κ3) is 3.15. The van der Waals surface area contributed by atoms with Crippen molar-refractivity contribution in [3.8, 4) is 5.75 Å². The van der Waals surface area contributed by atoms with Crippen LogP contribution in [0, 0.1) is 6.92 Å². The molecule has 1 heterocycles. The van der Waals surface area contributed by atoms with E-state index < -0.39 is 6.10 Å². The molecule has 19 heavy (non-hydrogen) atoms. The van der Waals surface area contributed by atoms with Gasteiger partial charge in [-0.15, -0.1) is 0 Å². The predicted octanol–water partition coefficient (Wildman–Crippen LogP) is 2.40. The number of aryl methyl sites for hydroxylation is 3. The SMILES string of the molecule is COc1cnn(C)c1C(O)CCc1ccc(C)cc1. The first-order valence-corrected chi connectivity index (χ1v) is 6.41. The Morgan fingerprint density at radius 2 is 2.00 bits per heavy atom. The first-order chi connectivity index (χ1) is 9.11. The van der Waals surface area contributed by atoms with E-state index in [0.29, 0.717) is 12.2 Å². The summed E-state index contributed by atoms with van der Waals surface area (Å²) in [4.78, 5) is 0. The molecule has 0 saturated heterocycles. The Bertz CT molecular complexity index is 532. The molecular weight excluding hydrogens is 240 g/mol. The smallest absolute Gasteiger partial charge is 0.162 e. The van der Waals surface area contributed by atoms with Gasteiger partial charge in [0.1, 0.15) is 5.69 Å². The fourth-order valence-corrected chi connectivity index (χ4v) is 2.16. The molecule has 0 radical (unpaired) electrons. The number of benzene rings is 1. The molecule has 1 N–H and O–H groups in total. The van der Waals surface area contributed by atoms with Crippen LogP contribution < -0.4 is 4.74 Å². The van der Waals surface area contributed by atoms with Gasteiger partial charge >= 0.3 is 0 Å². The van der Waals surface area contributed by atoms with Gasteiger partial charge in [0.2, 0.25) is 0 Å². The van der Waals surface area contributed by atoms with Crippen LogP contribution in [0.5, 0.6) is 5.75 Å². The lowest BCUT2D eigenvalue weighted by Crippen LogP contribution is -2.07. The van der Waals surface area contributed by atoms with Gasteiger partial charge in [0.05, 0.1) is 19.4 Å². The molecule has 0 amide bonds. The number of ether oxygens (including phenoxy) is 1. The summed E-state index contributed by atoms with van der Waals surface area (Å²) >= 11 is 0. The van der Waals surface area contributed by atoms with E-state index in [-0.39, 0.29) is 0 Å². The Balaban J connectivity index is 2.03. The highest BCUT2D eigenvalue weighted by molar-refractivity contribution is 5.27. The van der Waals surface area contributed by atoms with Crippen LogP contribution in [0.3, 0.4) is 0 Å². The molecule has 0 fully saturated rings. The second-order valence-corrected chi connectivity index (χ2v) is 4.76. The van der Waals surface area contributed by atoms with Crippen LogP contribution >= 0.6 is 0 Å². The number of aromatic nitrogens is 2. The van der Waals surface area contributed by atoms with Crippen LogP contribution in [0.4, 0.5) is 0 Å². The highest BCUT2D eigenvalue weighted by atomic mass is 16.5. The minimum atomic E-state index is -0.566. The average Bonchev–Trinajstić information content (AvgIpc) is 2.79. The zero-order chi connectivity index (χ0) is 13.8. The van der Waals surface area contributed by atoms with Gasteiger partial charge in [-0.25, -0.2) is 0 Å². The fraction of sp³-hybridized carbons (Fsp3) is 0.400. The Hall–Kier alpha value is -1.81. The van der Waals surface area contributed by atoms with Crippen LogP contribution in [-0.4, -0.2) is 22.0 Å². The van der Waals surface area contributed by atoms with Gasteiger partial charge in [0.25, 0.3) is 0 Å². The fourth-order valence-electron chi connectivity index (χ4n) is 2.16. The van der Waals surface area contributed by atoms with Crippen LogP contribution in [0.1, 0.15) is 29.3 Å². The summed E-state index contributed by atoms with van der Waals surface area (Å²) in [7, 11) is 3.40. The zero-order valence-electron chi connectivity index (χ0n) is 11.6. The molecule has 4 heteroatoms. The van der Waals surface area contributed by atoms with Crippen LogP contribution in [0.15, 0.2) is 30.5 Å². The number of rotatable bonds is 5. The summed E-state index contributed by atoms with van der Waals surface area (Å²) in [6.07, 6.45) is 2.54. The second-order valence-electron chi connectivity index (χ2n) is 4.76. The molecule has 0 aliphatic heterocycles. The Labute approximate surface area is 113 Å². The Kier molecular flexibility index (Phi) is 4.22. The van der Waals surface area contributed by atoms with E-state index in [1.807, 2.05) is 7.05 Å². The molecule has 0 aliphatic rings. The highest BCUT2D eigenvalue weighted by Crippen LogP contribution is 2.27. The molecule has 2 rings (SSSR count). The quantitative estimate of drug-likeness (QED) is 0.898. The molecule has 2 aromatic rings. The standard InChI is InChI=1S/C15H20N2O2/c1-11-4-6-12(7-5-11)8-9-13(18)15-14(19-3)10-16-17(15)2/h4-7,10,13,18H,8-9H2,1-3H3. The minimum Gasteiger partial charge on any atom is -0.493 e. The molecule has 1 aromatic heterocycles. The van der Waals surface area contributed by atoms with Crippen molar-refractivity contribution in [2.75, 3.05) is 7.11 Å². The van der Waals surface area contributed by atoms with E-state index in [4.69, 9.17) is 4.74 Å². The van der Waals surface area contributed by atoms with Crippen molar-refractivity contribution < 1.29 is 9.84 Å². The van der Waals surface area contributed by atoms with Crippen LogP contribution in [0.2, 0.25) is 0 Å². The summed E-state index contributed by atoms with van der Waals surface area (Å²) in [5.41, 5.74) is 3.21. The van der Waals surface area contributed by atoms with E-state index in [0.717, 1.165) is 12.1 Å². The summed E-state index contributed by atoms with van der Waals surface area (Å²) in [6, 6.07) is 8.38. The number of hydrogen-bond acceptors (Lipinski definition) is 3. The van der Waals surface area contributed by atoms with Crippen LogP contribution in [-0.2, 0) is 13.5 Å². The van der Waals surface area contributed by atoms with Crippen molar-refractivity contribution >= 4 is 0 Å². The maximum absolute atomic E-state index is 10.3. The minimum absolute atomic E-state index is 0.566. The molecule has 0 bridgehead atoms. The topological polar surface area (TPSA) is 47.3 Å². The summed E-state index contributed by atoms with van der Waals surface area (Å²) in [6.45, 7) is 2.07. The van der Waals surface area contributed by atoms with Crippen molar-refractivity contribution in [3.63, 3.8) is 0 Å². The molecule has 1 aromatic carbocycles. The van der Waals surface area contributed by atoms with Gasteiger partial charge in [-0.1, -0.05) is 29.8 Å². The monoisotopic (exact) mass is 260 g/mol. The molecule has 4 nitrogen and oxygen atoms in total. The lowest BCUT2D eigenvalue weighted by Gasteiger charge is -2.13. The van der Waals surface area contributed by atoms with Gasteiger partial charge in [0.15, 0.2) is 5.75 Å². The summed E-state index contributed by atoms with van der Waals surface area (Å²) in [5, 5.41) is 14.4. The largest absolute Gasteiger partial charge is 0.493 e. The van der Waals surface area contributed by atoms with Gasteiger partial charge in [0, 0.05) is 7.05 Å². The lowest BCUT2D eigenvalue weighted by atomic mass is 10.0. The average molecular weight is 260 g/mol. The number of aliphatic hydroxyl groups is 1. The summed E-state index contributed by atoms with van der Waals surface area (Å²) in [5.74, 6) is 0.638. The van der Waals surface area contributed by atoms with E-state index in [9.17, 15) is 5.11 Å². The number of nitrogens with zero attached hydrogens (tertiary/aromatic N) is 2. The van der Waals surface area contributed by atoms with Crippen molar-refractivity contribution in [2.24, 2.45) is 7.05 Å². The van der Waals surface area contributed by atoms with E-state index in [2.05, 4.69) is 36.3 Å². The van der Waals surface area contributed by atoms with Gasteiger partial charge < -0.3 is 9.84 Å². The molecule has 0 aliphatic carbocycles. The molecule has 1 atom stereocenters. The lowest BCUT2D eigenvalue weighted by molar-refractivity contribution is 0.154. The van der Waals surface area contributed by atoms with Gasteiger partial charge in [-0.2, -0.15) is 5.10 Å². The third-order valence-electron chi connectivity index (χ3n) is 3.31. The molecule has 0 saturated carbocycles. The first-order valence-electron chi connectivity index (χ1n) is 6.41. The molecule has 102 valence electrons. The van der Waals surface area contributed by atoms with E-state index >= 15 is 0 Å². The second kappa shape index (κ2) is 5.89. The molecule has 1 unspecified atom stereocenters. The molecule has 0 spiro atoms. The third-order valence-corrected chi connectivity index (χ3v) is 3.31. The van der Waals surface area contributed by atoms with Crippen LogP contribution in [0.25, 0.3) is 0 Å². The predicted molar refractivity (Wildman–Crippen MR) is 74.2 cm³/mol. The van der Waals surface area contributed by atoms with Crippen molar-refractivity contribution in [2.45, 2.75) is 25.9 Å². The van der Waals surface area contributed by atoms with Crippen molar-refractivity contribution in [3.05, 3.63) is 47.3 Å². The molecular formula is C15H20N2O2. The number of methoxy groups -OCH3 is 1. The van der Waals surface area contributed by atoms with Gasteiger partial charge in [-0.05, 0) is 25.3 Å². The maximum Gasteiger partial charge on any atom is 0.162 e. The Morgan fingerprint density at radius 3 is 2.63 bits per heavy atom. The normalized spacial score (nSPS) is 12.4. The summed E-state index contributed by atoms with van der Waals surface area (Å²) < 4.78 is 6.88. The zero-order valence-corrected chi connectivity index (χ0v) is 11.6. The van der Waals surface area contributed by atoms with E-state index in [1.54, 1.807) is 18.0 Å². The van der Waals surface area contributed by atoms with Gasteiger partial charge in [-0.3, -0.25) is 4.68 Å². The Morgan fingerprint density at radius 1 is 1.32 bits per heavy atom. The number of hydrogen-bond donors (Lipinski definition) is 1. The highest BCUT2D eigenvalue weighted by Gasteiger charge is 2.18. The van der Waals surface area contributed by atoms with Crippen molar-refractivity contribution in [1.29, 1.82) is 0 Å². The number of aliphatic hydroxyl groups excluding tert-OH is 1. The first kappa shape index (κ1) is 13.6.